The molecule has 0 saturated carbocycles. The normalized spacial score (nSPS) is 13.3. The van der Waals surface area contributed by atoms with E-state index in [0.29, 0.717) is 10.6 Å². The van der Waals surface area contributed by atoms with Crippen LogP contribution in [-0.4, -0.2) is 11.7 Å². The standard InChI is InChI=1S/C14H7BrFNO2S/c15-7-2-1-3-8(4-7)20-12-6-11-9(5-10(12)16)13(18)14(19)17-11/h1-6H,(H,17,18,19). The number of halogens is 2. The minimum atomic E-state index is -0.719. The van der Waals surface area contributed by atoms with E-state index in [0.717, 1.165) is 15.4 Å². The van der Waals surface area contributed by atoms with Crippen LogP contribution in [0.15, 0.2) is 50.7 Å². The molecule has 100 valence electrons. The molecule has 3 rings (SSSR count). The predicted octanol–water partition coefficient (Wildman–Crippen LogP) is 3.87. The summed E-state index contributed by atoms with van der Waals surface area (Å²) >= 11 is 4.58. The lowest BCUT2D eigenvalue weighted by Crippen LogP contribution is -2.12. The number of anilines is 1. The van der Waals surface area contributed by atoms with Crippen molar-refractivity contribution in [3.05, 3.63) is 52.3 Å². The van der Waals surface area contributed by atoms with Gasteiger partial charge in [-0.15, -0.1) is 0 Å². The molecule has 0 bridgehead atoms. The molecule has 1 heterocycles. The smallest absolute Gasteiger partial charge is 0.296 e. The Kier molecular flexibility index (Phi) is 3.35. The van der Waals surface area contributed by atoms with Crippen molar-refractivity contribution in [2.45, 2.75) is 9.79 Å². The molecule has 1 N–H and O–H groups in total. The quantitative estimate of drug-likeness (QED) is 0.835. The average molecular weight is 352 g/mol. The predicted molar refractivity (Wildman–Crippen MR) is 77.6 cm³/mol. The van der Waals surface area contributed by atoms with Crippen molar-refractivity contribution < 1.29 is 14.0 Å². The van der Waals surface area contributed by atoms with Crippen molar-refractivity contribution in [3.63, 3.8) is 0 Å². The molecule has 0 spiro atoms. The lowest BCUT2D eigenvalue weighted by atomic mass is 10.1. The van der Waals surface area contributed by atoms with Crippen molar-refractivity contribution in [3.8, 4) is 0 Å². The van der Waals surface area contributed by atoms with E-state index in [1.165, 1.54) is 17.8 Å². The maximum absolute atomic E-state index is 14.0. The van der Waals surface area contributed by atoms with Gasteiger partial charge in [-0.25, -0.2) is 4.39 Å². The number of hydrogen-bond acceptors (Lipinski definition) is 3. The first-order valence-corrected chi connectivity index (χ1v) is 7.28. The number of Topliss-reactive ketones (excluding diaryl/α,β-unsaturated/α-hetero) is 1. The van der Waals surface area contributed by atoms with Crippen molar-refractivity contribution in [1.82, 2.24) is 0 Å². The number of carbonyl (C=O) groups is 2. The van der Waals surface area contributed by atoms with Gasteiger partial charge in [0.05, 0.1) is 16.1 Å². The third kappa shape index (κ3) is 2.36. The van der Waals surface area contributed by atoms with Crippen LogP contribution in [0.2, 0.25) is 0 Å². The number of fused-ring (bicyclic) bond motifs is 1. The maximum Gasteiger partial charge on any atom is 0.296 e. The van der Waals surface area contributed by atoms with Gasteiger partial charge in [-0.1, -0.05) is 33.8 Å². The SMILES string of the molecule is O=C1Nc2cc(Sc3cccc(Br)c3)c(F)cc2C1=O. The van der Waals surface area contributed by atoms with Gasteiger partial charge in [0.15, 0.2) is 0 Å². The Morgan fingerprint density at radius 3 is 2.70 bits per heavy atom. The van der Waals surface area contributed by atoms with Crippen molar-refractivity contribution >= 4 is 45.1 Å². The topological polar surface area (TPSA) is 46.2 Å². The summed E-state index contributed by atoms with van der Waals surface area (Å²) in [4.78, 5) is 23.9. The van der Waals surface area contributed by atoms with Crippen LogP contribution in [0.4, 0.5) is 10.1 Å². The summed E-state index contributed by atoms with van der Waals surface area (Å²) in [5.74, 6) is -1.93. The van der Waals surface area contributed by atoms with Crippen LogP contribution in [0, 0.1) is 5.82 Å². The Hall–Kier alpha value is -1.66. The Morgan fingerprint density at radius 2 is 1.95 bits per heavy atom. The second-order valence-corrected chi connectivity index (χ2v) is 6.20. The summed E-state index contributed by atoms with van der Waals surface area (Å²) in [6.45, 7) is 0. The Bertz CT molecular complexity index is 748. The zero-order chi connectivity index (χ0) is 14.3. The van der Waals surface area contributed by atoms with Crippen molar-refractivity contribution in [1.29, 1.82) is 0 Å². The fraction of sp³-hybridized carbons (Fsp3) is 0. The summed E-state index contributed by atoms with van der Waals surface area (Å²) in [7, 11) is 0. The lowest BCUT2D eigenvalue weighted by molar-refractivity contribution is -0.112. The molecular formula is C14H7BrFNO2S. The van der Waals surface area contributed by atoms with Gasteiger partial charge in [0.25, 0.3) is 11.7 Å². The summed E-state index contributed by atoms with van der Waals surface area (Å²) < 4.78 is 14.9. The highest BCUT2D eigenvalue weighted by molar-refractivity contribution is 9.10. The number of carbonyl (C=O) groups excluding carboxylic acids is 2. The number of ketones is 1. The molecule has 0 atom stereocenters. The van der Waals surface area contributed by atoms with Crippen LogP contribution in [0.3, 0.4) is 0 Å². The molecule has 0 radical (unpaired) electrons. The monoisotopic (exact) mass is 351 g/mol. The van der Waals surface area contributed by atoms with Gasteiger partial charge in [-0.2, -0.15) is 0 Å². The number of benzene rings is 2. The summed E-state index contributed by atoms with van der Waals surface area (Å²) in [6, 6.07) is 10.0. The van der Waals surface area contributed by atoms with Gasteiger partial charge < -0.3 is 5.32 Å². The van der Waals surface area contributed by atoms with Crippen molar-refractivity contribution in [2.75, 3.05) is 5.32 Å². The molecule has 1 amide bonds. The fourth-order valence-corrected chi connectivity index (χ4v) is 3.35. The third-order valence-corrected chi connectivity index (χ3v) is 4.31. The van der Waals surface area contributed by atoms with Crippen LogP contribution >= 0.6 is 27.7 Å². The molecule has 2 aromatic carbocycles. The molecular weight excluding hydrogens is 345 g/mol. The number of amides is 1. The third-order valence-electron chi connectivity index (χ3n) is 2.79. The van der Waals surface area contributed by atoms with E-state index < -0.39 is 17.5 Å². The summed E-state index contributed by atoms with van der Waals surface area (Å²) in [5, 5.41) is 2.43. The van der Waals surface area contributed by atoms with E-state index in [4.69, 9.17) is 0 Å². The van der Waals surface area contributed by atoms with Crippen LogP contribution in [0.5, 0.6) is 0 Å². The molecule has 2 aromatic rings. The molecule has 6 heteroatoms. The number of nitrogens with one attached hydrogen (secondary N) is 1. The average Bonchev–Trinajstić information content (AvgIpc) is 2.66. The van der Waals surface area contributed by atoms with Crippen LogP contribution in [-0.2, 0) is 4.79 Å². The van der Waals surface area contributed by atoms with Gasteiger partial charge >= 0.3 is 0 Å². The largest absolute Gasteiger partial charge is 0.318 e. The van der Waals surface area contributed by atoms with E-state index in [1.54, 1.807) is 0 Å². The number of rotatable bonds is 2. The highest BCUT2D eigenvalue weighted by Gasteiger charge is 2.29. The molecule has 0 aliphatic carbocycles. The molecule has 0 aromatic heterocycles. The number of hydrogen-bond donors (Lipinski definition) is 1. The minimum absolute atomic E-state index is 0.0890. The van der Waals surface area contributed by atoms with E-state index in [2.05, 4.69) is 21.2 Å². The molecule has 20 heavy (non-hydrogen) atoms. The molecule has 1 aliphatic heterocycles. The Labute approximate surface area is 126 Å². The fourth-order valence-electron chi connectivity index (χ4n) is 1.88. The zero-order valence-electron chi connectivity index (χ0n) is 9.94. The van der Waals surface area contributed by atoms with Gasteiger partial charge in [0.1, 0.15) is 5.82 Å². The zero-order valence-corrected chi connectivity index (χ0v) is 12.3. The van der Waals surface area contributed by atoms with Crippen LogP contribution in [0.1, 0.15) is 10.4 Å². The van der Waals surface area contributed by atoms with E-state index in [9.17, 15) is 14.0 Å². The first-order chi connectivity index (χ1) is 9.54. The highest BCUT2D eigenvalue weighted by Crippen LogP contribution is 2.36. The van der Waals surface area contributed by atoms with Gasteiger partial charge in [0, 0.05) is 9.37 Å². The van der Waals surface area contributed by atoms with Gasteiger partial charge in [-0.3, -0.25) is 9.59 Å². The van der Waals surface area contributed by atoms with Crippen LogP contribution in [0.25, 0.3) is 0 Å². The summed E-state index contributed by atoms with van der Waals surface area (Å²) in [5.41, 5.74) is 0.449. The van der Waals surface area contributed by atoms with Crippen molar-refractivity contribution in [2.24, 2.45) is 0 Å². The van der Waals surface area contributed by atoms with Gasteiger partial charge in [-0.05, 0) is 30.3 Å². The van der Waals surface area contributed by atoms with E-state index >= 15 is 0 Å². The minimum Gasteiger partial charge on any atom is -0.318 e. The molecule has 0 fully saturated rings. The first-order valence-electron chi connectivity index (χ1n) is 5.67. The highest BCUT2D eigenvalue weighted by atomic mass is 79.9. The second-order valence-electron chi connectivity index (χ2n) is 4.17. The van der Waals surface area contributed by atoms with E-state index in [-0.39, 0.29) is 5.56 Å². The lowest BCUT2D eigenvalue weighted by Gasteiger charge is -2.06. The first kappa shape index (κ1) is 13.3. The second kappa shape index (κ2) is 5.03. The summed E-state index contributed by atoms with van der Waals surface area (Å²) in [6.07, 6.45) is 0. The molecule has 0 saturated heterocycles. The molecule has 0 unspecified atom stereocenters. The van der Waals surface area contributed by atoms with Crippen LogP contribution < -0.4 is 5.32 Å². The van der Waals surface area contributed by atoms with E-state index in [1.807, 2.05) is 24.3 Å². The maximum atomic E-state index is 14.0. The van der Waals surface area contributed by atoms with Gasteiger partial charge in [0.2, 0.25) is 0 Å². The molecule has 3 nitrogen and oxygen atoms in total. The molecule has 1 aliphatic rings. The Morgan fingerprint density at radius 1 is 1.15 bits per heavy atom. The Balaban J connectivity index is 1.98.